The minimum Gasteiger partial charge on any atom is -0.371 e. The lowest BCUT2D eigenvalue weighted by Gasteiger charge is -2.34. The van der Waals surface area contributed by atoms with Gasteiger partial charge in [-0.05, 0) is 49.4 Å². The predicted octanol–water partition coefficient (Wildman–Crippen LogP) is 2.65. The first kappa shape index (κ1) is 17.5. The van der Waals surface area contributed by atoms with E-state index in [2.05, 4.69) is 41.4 Å². The highest BCUT2D eigenvalue weighted by Crippen LogP contribution is 2.21. The molecule has 4 heteroatoms. The lowest BCUT2D eigenvalue weighted by atomic mass is 10.0. The fourth-order valence-corrected chi connectivity index (χ4v) is 3.38. The van der Waals surface area contributed by atoms with Gasteiger partial charge in [0.15, 0.2) is 0 Å². The van der Waals surface area contributed by atoms with Crippen LogP contribution in [0.2, 0.25) is 0 Å². The molecule has 0 saturated carbocycles. The number of nitrogens with zero attached hydrogens (tertiary/aromatic N) is 1. The molecule has 3 rings (SSSR count). The van der Waals surface area contributed by atoms with E-state index in [1.54, 1.807) is 0 Å². The van der Waals surface area contributed by atoms with Crippen molar-refractivity contribution >= 4 is 11.6 Å². The second-order valence-corrected chi connectivity index (χ2v) is 6.91. The molecule has 1 aliphatic rings. The van der Waals surface area contributed by atoms with Crippen LogP contribution in [-0.2, 0) is 11.2 Å². The zero-order valence-corrected chi connectivity index (χ0v) is 14.8. The summed E-state index contributed by atoms with van der Waals surface area (Å²) in [7, 11) is 0. The van der Waals surface area contributed by atoms with Gasteiger partial charge in [0.1, 0.15) is 0 Å². The van der Waals surface area contributed by atoms with Gasteiger partial charge >= 0.3 is 0 Å². The quantitative estimate of drug-likeness (QED) is 0.882. The Labute approximate surface area is 150 Å². The van der Waals surface area contributed by atoms with Gasteiger partial charge in [-0.1, -0.05) is 42.5 Å². The van der Waals surface area contributed by atoms with Crippen LogP contribution in [0.15, 0.2) is 54.6 Å². The van der Waals surface area contributed by atoms with Gasteiger partial charge in [0.05, 0.1) is 6.04 Å². The van der Waals surface area contributed by atoms with E-state index in [9.17, 15) is 4.79 Å². The summed E-state index contributed by atoms with van der Waals surface area (Å²) >= 11 is 0. The number of rotatable bonds is 5. The number of carbonyl (C=O) groups excluding carboxylic acids is 1. The Morgan fingerprint density at radius 2 is 1.88 bits per heavy atom. The lowest BCUT2D eigenvalue weighted by Crippen LogP contribution is -2.50. The Kier molecular flexibility index (Phi) is 5.71. The fraction of sp³-hybridized carbons (Fsp3) is 0.381. The molecule has 1 fully saturated rings. The molecule has 0 spiro atoms. The summed E-state index contributed by atoms with van der Waals surface area (Å²) in [6, 6.07) is 18.2. The molecule has 1 atom stereocenters. The van der Waals surface area contributed by atoms with Crippen LogP contribution in [0.3, 0.4) is 0 Å². The molecule has 0 bridgehead atoms. The highest BCUT2D eigenvalue weighted by Gasteiger charge is 2.23. The van der Waals surface area contributed by atoms with Gasteiger partial charge in [-0.15, -0.1) is 0 Å². The highest BCUT2D eigenvalue weighted by atomic mass is 16.2. The third kappa shape index (κ3) is 4.83. The number of nitrogens with two attached hydrogens (primary N) is 1. The van der Waals surface area contributed by atoms with Crippen LogP contribution in [0, 0.1) is 6.92 Å². The van der Waals surface area contributed by atoms with Gasteiger partial charge in [0, 0.05) is 24.8 Å². The molecule has 0 aliphatic carbocycles. The molecule has 2 aromatic carbocycles. The number of anilines is 1. The number of carbonyl (C=O) groups is 1. The number of hydrogen-bond donors (Lipinski definition) is 2. The molecule has 1 heterocycles. The Hall–Kier alpha value is -2.33. The standard InChI is InChI=1S/C21H27N3O/c1-16-6-5-9-19(14-16)24-12-10-18(11-13-24)23-21(25)20(22)15-17-7-3-2-4-8-17/h2-9,14,18,20H,10-13,15,22H2,1H3,(H,23,25). The monoisotopic (exact) mass is 337 g/mol. The first-order valence-corrected chi connectivity index (χ1v) is 9.03. The van der Waals surface area contributed by atoms with E-state index >= 15 is 0 Å². The molecule has 1 amide bonds. The Morgan fingerprint density at radius 3 is 2.56 bits per heavy atom. The molecule has 132 valence electrons. The van der Waals surface area contributed by atoms with Crippen molar-refractivity contribution in [2.75, 3.05) is 18.0 Å². The summed E-state index contributed by atoms with van der Waals surface area (Å²) in [5, 5.41) is 3.13. The number of amides is 1. The van der Waals surface area contributed by atoms with Gasteiger partial charge in [-0.3, -0.25) is 4.79 Å². The third-order valence-corrected chi connectivity index (χ3v) is 4.84. The summed E-state index contributed by atoms with van der Waals surface area (Å²) in [6.07, 6.45) is 2.49. The molecular weight excluding hydrogens is 310 g/mol. The second kappa shape index (κ2) is 8.17. The molecular formula is C21H27N3O. The van der Waals surface area contributed by atoms with Crippen LogP contribution >= 0.6 is 0 Å². The van der Waals surface area contributed by atoms with Crippen LogP contribution in [0.5, 0.6) is 0 Å². The molecule has 2 aromatic rings. The number of hydrogen-bond acceptors (Lipinski definition) is 3. The molecule has 1 saturated heterocycles. The summed E-state index contributed by atoms with van der Waals surface area (Å²) in [5.41, 5.74) is 9.72. The molecule has 4 nitrogen and oxygen atoms in total. The SMILES string of the molecule is Cc1cccc(N2CCC(NC(=O)C(N)Cc3ccccc3)CC2)c1. The number of aryl methyl sites for hydroxylation is 1. The number of benzene rings is 2. The second-order valence-electron chi connectivity index (χ2n) is 6.91. The van der Waals surface area contributed by atoms with Crippen LogP contribution in [0.4, 0.5) is 5.69 Å². The van der Waals surface area contributed by atoms with E-state index in [0.29, 0.717) is 6.42 Å². The van der Waals surface area contributed by atoms with E-state index in [0.717, 1.165) is 31.5 Å². The smallest absolute Gasteiger partial charge is 0.237 e. The van der Waals surface area contributed by atoms with Crippen molar-refractivity contribution in [2.24, 2.45) is 5.73 Å². The van der Waals surface area contributed by atoms with E-state index in [4.69, 9.17) is 5.73 Å². The molecule has 1 unspecified atom stereocenters. The zero-order chi connectivity index (χ0) is 17.6. The van der Waals surface area contributed by atoms with Gasteiger partial charge in [-0.2, -0.15) is 0 Å². The van der Waals surface area contributed by atoms with Crippen molar-refractivity contribution in [1.82, 2.24) is 5.32 Å². The molecule has 0 aromatic heterocycles. The van der Waals surface area contributed by atoms with Crippen molar-refractivity contribution in [3.8, 4) is 0 Å². The summed E-state index contributed by atoms with van der Waals surface area (Å²) in [6.45, 7) is 4.04. The maximum atomic E-state index is 12.4. The zero-order valence-electron chi connectivity index (χ0n) is 14.8. The Balaban J connectivity index is 1.47. The molecule has 0 radical (unpaired) electrons. The average Bonchev–Trinajstić information content (AvgIpc) is 2.63. The lowest BCUT2D eigenvalue weighted by molar-refractivity contribution is -0.123. The van der Waals surface area contributed by atoms with Crippen molar-refractivity contribution < 1.29 is 4.79 Å². The van der Waals surface area contributed by atoms with Crippen LogP contribution in [0.1, 0.15) is 24.0 Å². The maximum absolute atomic E-state index is 12.4. The first-order chi connectivity index (χ1) is 12.1. The van der Waals surface area contributed by atoms with Crippen molar-refractivity contribution in [2.45, 2.75) is 38.3 Å². The number of piperidine rings is 1. The van der Waals surface area contributed by atoms with Crippen molar-refractivity contribution in [1.29, 1.82) is 0 Å². The predicted molar refractivity (Wildman–Crippen MR) is 103 cm³/mol. The third-order valence-electron chi connectivity index (χ3n) is 4.84. The van der Waals surface area contributed by atoms with Gasteiger partial charge in [-0.25, -0.2) is 0 Å². The topological polar surface area (TPSA) is 58.4 Å². The van der Waals surface area contributed by atoms with Crippen molar-refractivity contribution in [3.05, 3.63) is 65.7 Å². The molecule has 1 aliphatic heterocycles. The normalized spacial score (nSPS) is 16.5. The van der Waals surface area contributed by atoms with E-state index < -0.39 is 6.04 Å². The summed E-state index contributed by atoms with van der Waals surface area (Å²) < 4.78 is 0. The first-order valence-electron chi connectivity index (χ1n) is 9.03. The fourth-order valence-electron chi connectivity index (χ4n) is 3.38. The molecule has 25 heavy (non-hydrogen) atoms. The van der Waals surface area contributed by atoms with E-state index in [1.807, 2.05) is 30.3 Å². The van der Waals surface area contributed by atoms with Crippen molar-refractivity contribution in [3.63, 3.8) is 0 Å². The van der Waals surface area contributed by atoms with Gasteiger partial charge in [0.2, 0.25) is 5.91 Å². The summed E-state index contributed by atoms with van der Waals surface area (Å²) in [5.74, 6) is -0.0436. The minimum atomic E-state index is -0.489. The summed E-state index contributed by atoms with van der Waals surface area (Å²) in [4.78, 5) is 14.8. The minimum absolute atomic E-state index is 0.0436. The van der Waals surface area contributed by atoms with Gasteiger partial charge < -0.3 is 16.0 Å². The van der Waals surface area contributed by atoms with Gasteiger partial charge in [0.25, 0.3) is 0 Å². The van der Waals surface area contributed by atoms with E-state index in [1.165, 1.54) is 11.3 Å². The Bertz CT molecular complexity index is 693. The largest absolute Gasteiger partial charge is 0.371 e. The highest BCUT2D eigenvalue weighted by molar-refractivity contribution is 5.82. The maximum Gasteiger partial charge on any atom is 0.237 e. The van der Waals surface area contributed by atoms with Crippen LogP contribution in [-0.4, -0.2) is 31.1 Å². The van der Waals surface area contributed by atoms with Crippen LogP contribution < -0.4 is 16.0 Å². The number of nitrogens with one attached hydrogen (secondary N) is 1. The van der Waals surface area contributed by atoms with Crippen LogP contribution in [0.25, 0.3) is 0 Å². The Morgan fingerprint density at radius 1 is 1.16 bits per heavy atom. The van der Waals surface area contributed by atoms with E-state index in [-0.39, 0.29) is 11.9 Å². The molecule has 3 N–H and O–H groups in total. The average molecular weight is 337 g/mol.